The summed E-state index contributed by atoms with van der Waals surface area (Å²) < 4.78 is 33.1. The van der Waals surface area contributed by atoms with E-state index >= 15 is 0 Å². The van der Waals surface area contributed by atoms with Gasteiger partial charge >= 0.3 is 0 Å². The Morgan fingerprint density at radius 1 is 1.03 bits per heavy atom. The van der Waals surface area contributed by atoms with Crippen LogP contribution in [0.25, 0.3) is 0 Å². The predicted octanol–water partition coefficient (Wildman–Crippen LogP) is 5.68. The highest BCUT2D eigenvalue weighted by atomic mass is 19.1. The Kier molecular flexibility index (Phi) is 6.72. The summed E-state index contributed by atoms with van der Waals surface area (Å²) in [4.78, 5) is 27.3. The van der Waals surface area contributed by atoms with Crippen molar-refractivity contribution in [3.63, 3.8) is 0 Å². The number of dihydropyridines is 1. The number of ketones is 1. The number of halogens is 2. The zero-order valence-electron chi connectivity index (χ0n) is 20.8. The molecular weight excluding hydrogens is 490 g/mol. The molecule has 3 aromatic rings. The first-order valence-corrected chi connectivity index (χ1v) is 12.2. The average Bonchev–Trinajstić information content (AvgIpc) is 2.90. The maximum absolute atomic E-state index is 14.4. The van der Waals surface area contributed by atoms with Gasteiger partial charge in [0, 0.05) is 40.9 Å². The van der Waals surface area contributed by atoms with Crippen molar-refractivity contribution in [2.75, 3.05) is 12.4 Å². The van der Waals surface area contributed by atoms with Crippen molar-refractivity contribution in [3.05, 3.63) is 112 Å². The monoisotopic (exact) mass is 516 g/mol. The standard InChI is InChI=1S/C30H26F2N2O4/c1-16-27(30(37)34-22-10-9-20(31)15-21(22)32)28(18-8-11-24(35)26(14-18)38-2)29-23(33-16)12-19(13-25(29)36)17-6-4-3-5-7-17/h3-11,14-15,19,28,33,35H,12-13H2,1-2H3,(H,34,37)/t19-,28-/m1/s1. The second-order valence-electron chi connectivity index (χ2n) is 9.44. The number of nitrogens with one attached hydrogen (secondary N) is 2. The number of hydrogen-bond acceptors (Lipinski definition) is 5. The SMILES string of the molecule is COc1cc([C@@H]2C(C(=O)Nc3ccc(F)cc3F)=C(C)NC3=C2C(=O)C[C@H](c2ccccc2)C3)ccc1O. The number of Topliss-reactive ketones (excluding diaryl/α,β-unsaturated/α-hetero) is 1. The van der Waals surface area contributed by atoms with Gasteiger partial charge in [0.25, 0.3) is 5.91 Å². The Balaban J connectivity index is 1.59. The molecule has 194 valence electrons. The third-order valence-electron chi connectivity index (χ3n) is 7.06. The van der Waals surface area contributed by atoms with Crippen LogP contribution in [0.3, 0.4) is 0 Å². The normalized spacial score (nSPS) is 19.1. The summed E-state index contributed by atoms with van der Waals surface area (Å²) in [6, 6.07) is 17.3. The number of phenolic OH excluding ortho intramolecular Hbond substituents is 1. The molecule has 0 aromatic heterocycles. The Labute approximate surface area is 218 Å². The number of hydrogen-bond donors (Lipinski definition) is 3. The first-order valence-electron chi connectivity index (χ1n) is 12.2. The minimum atomic E-state index is -0.914. The number of ether oxygens (including phenoxy) is 1. The van der Waals surface area contributed by atoms with Crippen LogP contribution in [0.5, 0.6) is 11.5 Å². The van der Waals surface area contributed by atoms with Crippen molar-refractivity contribution in [2.45, 2.75) is 31.6 Å². The van der Waals surface area contributed by atoms with E-state index in [1.807, 2.05) is 30.3 Å². The number of anilines is 1. The number of carbonyl (C=O) groups excluding carboxylic acids is 2. The molecule has 5 rings (SSSR count). The van der Waals surface area contributed by atoms with E-state index in [0.29, 0.717) is 35.0 Å². The summed E-state index contributed by atoms with van der Waals surface area (Å²) >= 11 is 0. The number of methoxy groups -OCH3 is 1. The number of aromatic hydroxyl groups is 1. The molecule has 3 aromatic carbocycles. The van der Waals surface area contributed by atoms with Gasteiger partial charge in [-0.2, -0.15) is 0 Å². The Morgan fingerprint density at radius 3 is 2.50 bits per heavy atom. The topological polar surface area (TPSA) is 87.7 Å². The van der Waals surface area contributed by atoms with Gasteiger partial charge in [-0.1, -0.05) is 36.4 Å². The zero-order chi connectivity index (χ0) is 27.0. The highest BCUT2D eigenvalue weighted by molar-refractivity contribution is 6.10. The first-order chi connectivity index (χ1) is 18.3. The molecule has 0 radical (unpaired) electrons. The van der Waals surface area contributed by atoms with E-state index in [0.717, 1.165) is 17.7 Å². The van der Waals surface area contributed by atoms with E-state index in [1.165, 1.54) is 13.2 Å². The second-order valence-corrected chi connectivity index (χ2v) is 9.44. The third kappa shape index (κ3) is 4.65. The second kappa shape index (κ2) is 10.1. The number of carbonyl (C=O) groups is 2. The molecule has 1 amide bonds. The summed E-state index contributed by atoms with van der Waals surface area (Å²) in [5, 5.41) is 16.0. The molecule has 2 aliphatic rings. The van der Waals surface area contributed by atoms with Crippen LogP contribution in [-0.2, 0) is 9.59 Å². The lowest BCUT2D eigenvalue weighted by Crippen LogP contribution is -2.37. The van der Waals surface area contributed by atoms with Crippen LogP contribution >= 0.6 is 0 Å². The summed E-state index contributed by atoms with van der Waals surface area (Å²) in [6.45, 7) is 1.72. The van der Waals surface area contributed by atoms with Crippen LogP contribution in [0.2, 0.25) is 0 Å². The summed E-state index contributed by atoms with van der Waals surface area (Å²) in [6.07, 6.45) is 0.826. The van der Waals surface area contributed by atoms with Crippen molar-refractivity contribution >= 4 is 17.4 Å². The molecule has 38 heavy (non-hydrogen) atoms. The molecule has 8 heteroatoms. The number of rotatable bonds is 5. The largest absolute Gasteiger partial charge is 0.504 e. The smallest absolute Gasteiger partial charge is 0.254 e. The van der Waals surface area contributed by atoms with Crippen molar-refractivity contribution in [1.29, 1.82) is 0 Å². The number of amides is 1. The van der Waals surface area contributed by atoms with Gasteiger partial charge in [0.1, 0.15) is 11.6 Å². The summed E-state index contributed by atoms with van der Waals surface area (Å²) in [5.41, 5.74) is 3.30. The van der Waals surface area contributed by atoms with Gasteiger partial charge in [-0.3, -0.25) is 9.59 Å². The van der Waals surface area contributed by atoms with Gasteiger partial charge < -0.3 is 20.5 Å². The first kappa shape index (κ1) is 25.2. The molecular formula is C30H26F2N2O4. The van der Waals surface area contributed by atoms with Gasteiger partial charge in [0.05, 0.1) is 12.8 Å². The van der Waals surface area contributed by atoms with E-state index in [9.17, 15) is 23.5 Å². The van der Waals surface area contributed by atoms with Gasteiger partial charge in [0.2, 0.25) is 0 Å². The van der Waals surface area contributed by atoms with Crippen LogP contribution < -0.4 is 15.4 Å². The molecule has 0 saturated heterocycles. The van der Waals surface area contributed by atoms with Gasteiger partial charge in [-0.25, -0.2) is 8.78 Å². The maximum atomic E-state index is 14.4. The summed E-state index contributed by atoms with van der Waals surface area (Å²) in [5.74, 6) is -3.15. The lowest BCUT2D eigenvalue weighted by Gasteiger charge is -2.37. The summed E-state index contributed by atoms with van der Waals surface area (Å²) in [7, 11) is 1.41. The van der Waals surface area contributed by atoms with E-state index in [4.69, 9.17) is 4.74 Å². The molecule has 3 N–H and O–H groups in total. The van der Waals surface area contributed by atoms with Crippen LogP contribution in [-0.4, -0.2) is 23.9 Å². The number of allylic oxidation sites excluding steroid dienone is 3. The third-order valence-corrected chi connectivity index (χ3v) is 7.06. The molecule has 6 nitrogen and oxygen atoms in total. The van der Waals surface area contributed by atoms with Crippen molar-refractivity contribution in [2.24, 2.45) is 0 Å². The Hall–Kier alpha value is -4.46. The highest BCUT2D eigenvalue weighted by Gasteiger charge is 2.41. The molecule has 1 aliphatic heterocycles. The lowest BCUT2D eigenvalue weighted by atomic mass is 9.71. The van der Waals surface area contributed by atoms with Crippen LogP contribution in [0, 0.1) is 11.6 Å². The van der Waals surface area contributed by atoms with Crippen LogP contribution in [0.1, 0.15) is 42.7 Å². The molecule has 0 bridgehead atoms. The number of phenols is 1. The van der Waals surface area contributed by atoms with Crippen molar-refractivity contribution < 1.29 is 28.2 Å². The van der Waals surface area contributed by atoms with Crippen molar-refractivity contribution in [1.82, 2.24) is 5.32 Å². The van der Waals surface area contributed by atoms with E-state index in [2.05, 4.69) is 10.6 Å². The zero-order valence-corrected chi connectivity index (χ0v) is 20.8. The van der Waals surface area contributed by atoms with Crippen LogP contribution in [0.15, 0.2) is 89.3 Å². The van der Waals surface area contributed by atoms with Crippen molar-refractivity contribution in [3.8, 4) is 11.5 Å². The minimum Gasteiger partial charge on any atom is -0.504 e. The van der Waals surface area contributed by atoms with Crippen LogP contribution in [0.4, 0.5) is 14.5 Å². The van der Waals surface area contributed by atoms with E-state index in [-0.39, 0.29) is 40.9 Å². The average molecular weight is 517 g/mol. The van der Waals surface area contributed by atoms with Gasteiger partial charge in [0.15, 0.2) is 17.3 Å². The quantitative estimate of drug-likeness (QED) is 0.406. The fourth-order valence-corrected chi connectivity index (χ4v) is 5.29. The Bertz CT molecular complexity index is 1500. The fourth-order valence-electron chi connectivity index (χ4n) is 5.29. The molecule has 2 atom stereocenters. The van der Waals surface area contributed by atoms with Gasteiger partial charge in [-0.15, -0.1) is 0 Å². The molecule has 0 saturated carbocycles. The molecule has 1 aliphatic carbocycles. The fraction of sp³-hybridized carbons (Fsp3) is 0.200. The molecule has 0 spiro atoms. The predicted molar refractivity (Wildman–Crippen MR) is 139 cm³/mol. The van der Waals surface area contributed by atoms with E-state index < -0.39 is 23.5 Å². The molecule has 1 heterocycles. The lowest BCUT2D eigenvalue weighted by molar-refractivity contribution is -0.116. The van der Waals surface area contributed by atoms with E-state index in [1.54, 1.807) is 19.1 Å². The minimum absolute atomic E-state index is 0.0264. The molecule has 0 unspecified atom stereocenters. The number of benzene rings is 3. The highest BCUT2D eigenvalue weighted by Crippen LogP contribution is 2.46. The maximum Gasteiger partial charge on any atom is 0.254 e. The molecule has 0 fully saturated rings. The Morgan fingerprint density at radius 2 is 1.79 bits per heavy atom. The van der Waals surface area contributed by atoms with Gasteiger partial charge in [-0.05, 0) is 54.7 Å².